The van der Waals surface area contributed by atoms with Gasteiger partial charge in [-0.15, -0.1) is 0 Å². The van der Waals surface area contributed by atoms with Gasteiger partial charge in [-0.2, -0.15) is 0 Å². The second-order valence-corrected chi connectivity index (χ2v) is 36.1. The number of rotatable bonds is 2. The van der Waals surface area contributed by atoms with Gasteiger partial charge in [-0.05, 0) is 190 Å². The second-order valence-electron chi connectivity index (χ2n) is 36.1. The minimum atomic E-state index is -0.155. The molecule has 15 rings (SSSR count). The first kappa shape index (κ1) is 59.5. The lowest BCUT2D eigenvalue weighted by Gasteiger charge is -2.39. The number of fused-ring (bicyclic) bond motifs is 16. The fraction of sp³-hybridized carbons (Fsp3) is 0.379. The van der Waals surface area contributed by atoms with Gasteiger partial charge in [0.25, 0.3) is 0 Å². The van der Waals surface area contributed by atoms with Crippen LogP contribution in [0, 0.1) is 0 Å². The molecule has 0 unspecified atom stereocenters. The summed E-state index contributed by atoms with van der Waals surface area (Å²) in [6.07, 6.45) is 0. The standard InChI is InChI=1S/C87H96N4/c1-80(2,3)48-25-31-66-56(37-48)57-38-49(81(4,5)6)26-32-67(57)88(66)72-47-73(89-68-33-27-50(82(7,8)9)39-58(68)59-40-51(83(10,11)12)28-34-69(59)89)79-75-74(65-46-55(87(22,23)24)44-63-61-42-53(85(16,17)18)30-36-71(61)91(79)77(63)65)64-45-54(86(19,20)21)43-62-60-41-52(84(13,14)15)29-35-70(60)90(76(62)64)78(72)75/h25-47,74H,1-24H3. The number of nitrogens with zero attached hydrogens (tertiary/aromatic N) is 4. The van der Waals surface area contributed by atoms with E-state index in [4.69, 9.17) is 0 Å². The van der Waals surface area contributed by atoms with E-state index in [0.717, 1.165) is 0 Å². The summed E-state index contributed by atoms with van der Waals surface area (Å²) in [5, 5.41) is 10.4. The molecule has 2 aliphatic heterocycles. The molecule has 0 N–H and O–H groups in total. The van der Waals surface area contributed by atoms with Gasteiger partial charge in [0.2, 0.25) is 0 Å². The molecule has 0 atom stereocenters. The molecule has 0 amide bonds. The zero-order valence-electron chi connectivity index (χ0n) is 59.1. The van der Waals surface area contributed by atoms with Gasteiger partial charge >= 0.3 is 0 Å². The average molecular weight is 1200 g/mol. The number of aromatic nitrogens is 4. The van der Waals surface area contributed by atoms with Crippen molar-refractivity contribution in [1.82, 2.24) is 18.3 Å². The maximum Gasteiger partial charge on any atom is 0.0767 e. The van der Waals surface area contributed by atoms with Gasteiger partial charge in [-0.1, -0.05) is 215 Å². The molecule has 0 saturated carbocycles. The van der Waals surface area contributed by atoms with Crippen LogP contribution in [0.15, 0.2) is 140 Å². The normalized spacial score (nSPS) is 14.5. The van der Waals surface area contributed by atoms with Crippen LogP contribution >= 0.6 is 0 Å². The predicted molar refractivity (Wildman–Crippen MR) is 394 cm³/mol. The van der Waals surface area contributed by atoms with Gasteiger partial charge in [-0.25, -0.2) is 0 Å². The van der Waals surface area contributed by atoms with Crippen LogP contribution in [-0.4, -0.2) is 18.3 Å². The maximum absolute atomic E-state index is 2.77. The lowest BCUT2D eigenvalue weighted by Crippen LogP contribution is -2.26. The molecule has 13 aromatic rings. The van der Waals surface area contributed by atoms with Crippen molar-refractivity contribution < 1.29 is 0 Å². The van der Waals surface area contributed by atoms with E-state index in [1.165, 1.54) is 171 Å². The number of hydrogen-bond donors (Lipinski definition) is 0. The fourth-order valence-electron chi connectivity index (χ4n) is 15.7. The molecule has 0 aliphatic carbocycles. The average Bonchev–Trinajstić information content (AvgIpc) is 1.58. The van der Waals surface area contributed by atoms with E-state index in [1.54, 1.807) is 0 Å². The van der Waals surface area contributed by atoms with Crippen LogP contribution in [0.25, 0.3) is 110 Å². The molecular weight excluding hydrogens is 1100 g/mol. The van der Waals surface area contributed by atoms with Crippen molar-refractivity contribution in [3.63, 3.8) is 0 Å². The highest BCUT2D eigenvalue weighted by Gasteiger charge is 2.44. The Kier molecular flexibility index (Phi) is 12.1. The van der Waals surface area contributed by atoms with Crippen LogP contribution in [0.4, 0.5) is 0 Å². The molecule has 0 radical (unpaired) electrons. The SMILES string of the molecule is CC(C)(C)c1ccc2c(c1)c1cc(C(C)(C)C)ccc1n2-c1cc(-n2c3ccc(C(C)(C)C)cc3c3cc(C(C)(C)C)ccc32)c2c3c1-n1c4ccc(C(C)(C)C)cc4c4cc(C(C)(C)C)cc(c41)C3c1cc(C(C)(C)C)cc3c4cc(C(C)(C)C)ccc4n-2c13. The van der Waals surface area contributed by atoms with E-state index >= 15 is 0 Å². The monoisotopic (exact) mass is 1200 g/mol. The zero-order chi connectivity index (χ0) is 65.0. The maximum atomic E-state index is 2.77. The van der Waals surface area contributed by atoms with Crippen LogP contribution in [0.3, 0.4) is 0 Å². The minimum Gasteiger partial charge on any atom is -0.307 e. The highest BCUT2D eigenvalue weighted by Crippen LogP contribution is 2.60. The molecule has 0 saturated heterocycles. The van der Waals surface area contributed by atoms with Crippen LogP contribution in [0.1, 0.15) is 233 Å². The lowest BCUT2D eigenvalue weighted by atomic mass is 9.73. The molecule has 0 fully saturated rings. The summed E-state index contributed by atoms with van der Waals surface area (Å²) in [4.78, 5) is 0. The summed E-state index contributed by atoms with van der Waals surface area (Å²) in [5.74, 6) is -0.155. The van der Waals surface area contributed by atoms with E-state index in [1.807, 2.05) is 0 Å². The highest BCUT2D eigenvalue weighted by atomic mass is 15.1. The van der Waals surface area contributed by atoms with E-state index in [9.17, 15) is 0 Å². The van der Waals surface area contributed by atoms with Gasteiger partial charge in [0, 0.05) is 54.6 Å². The minimum absolute atomic E-state index is 0.0618. The largest absolute Gasteiger partial charge is 0.307 e. The third-order valence-electron chi connectivity index (χ3n) is 21.3. The summed E-state index contributed by atoms with van der Waals surface area (Å²) in [5.41, 5.74) is 29.0. The van der Waals surface area contributed by atoms with E-state index in [2.05, 4.69) is 324 Å². The van der Waals surface area contributed by atoms with Crippen molar-refractivity contribution in [2.45, 2.75) is 215 Å². The molecule has 91 heavy (non-hydrogen) atoms. The number of hydrogen-bond acceptors (Lipinski definition) is 0. The van der Waals surface area contributed by atoms with Crippen molar-refractivity contribution in [3.05, 3.63) is 201 Å². The molecule has 4 nitrogen and oxygen atoms in total. The van der Waals surface area contributed by atoms with Gasteiger partial charge in [-0.3, -0.25) is 0 Å². The zero-order valence-corrected chi connectivity index (χ0v) is 59.1. The predicted octanol–water partition coefficient (Wildman–Crippen LogP) is 24.3. The molecule has 464 valence electrons. The Balaban J connectivity index is 1.26. The number of benzene rings is 9. The molecule has 9 aromatic carbocycles. The Bertz CT molecular complexity index is 4870. The van der Waals surface area contributed by atoms with Crippen molar-refractivity contribution in [3.8, 4) is 22.7 Å². The second kappa shape index (κ2) is 18.5. The molecular formula is C87H96N4. The van der Waals surface area contributed by atoms with Crippen molar-refractivity contribution in [2.75, 3.05) is 0 Å². The summed E-state index contributed by atoms with van der Waals surface area (Å²) in [6.45, 7) is 57.0. The van der Waals surface area contributed by atoms with Crippen molar-refractivity contribution >= 4 is 87.2 Å². The van der Waals surface area contributed by atoms with Crippen LogP contribution in [-0.2, 0) is 43.3 Å². The van der Waals surface area contributed by atoms with Gasteiger partial charge < -0.3 is 18.3 Å². The summed E-state index contributed by atoms with van der Waals surface area (Å²) >= 11 is 0. The van der Waals surface area contributed by atoms with Gasteiger partial charge in [0.1, 0.15) is 0 Å². The van der Waals surface area contributed by atoms with Crippen LogP contribution in [0.5, 0.6) is 0 Å². The lowest BCUT2D eigenvalue weighted by molar-refractivity contribution is 0.588. The summed E-state index contributed by atoms with van der Waals surface area (Å²) in [6, 6.07) is 57.7. The van der Waals surface area contributed by atoms with E-state index in [0.29, 0.717) is 0 Å². The van der Waals surface area contributed by atoms with Gasteiger partial charge in [0.05, 0.1) is 66.9 Å². The first-order valence-corrected chi connectivity index (χ1v) is 33.9. The first-order valence-electron chi connectivity index (χ1n) is 33.9. The van der Waals surface area contributed by atoms with Crippen LogP contribution in [0.2, 0.25) is 0 Å². The van der Waals surface area contributed by atoms with E-state index < -0.39 is 0 Å². The van der Waals surface area contributed by atoms with E-state index in [-0.39, 0.29) is 49.2 Å². The highest BCUT2D eigenvalue weighted by molar-refractivity contribution is 6.18. The fourth-order valence-corrected chi connectivity index (χ4v) is 15.7. The summed E-state index contributed by atoms with van der Waals surface area (Å²) in [7, 11) is 0. The Hall–Kier alpha value is -7.82. The van der Waals surface area contributed by atoms with Crippen molar-refractivity contribution in [2.24, 2.45) is 0 Å². The topological polar surface area (TPSA) is 19.7 Å². The molecule has 0 bridgehead atoms. The molecule has 6 heterocycles. The quantitative estimate of drug-likeness (QED) is 0.164. The Labute approximate surface area is 541 Å². The third kappa shape index (κ3) is 8.72. The Morgan fingerprint density at radius 1 is 0.220 bits per heavy atom. The first-order chi connectivity index (χ1) is 42.2. The Morgan fingerprint density at radius 2 is 0.429 bits per heavy atom. The molecule has 4 heteroatoms. The van der Waals surface area contributed by atoms with Crippen LogP contribution < -0.4 is 0 Å². The Morgan fingerprint density at radius 3 is 0.659 bits per heavy atom. The summed E-state index contributed by atoms with van der Waals surface area (Å²) < 4.78 is 11.0. The van der Waals surface area contributed by atoms with Gasteiger partial charge in [0.15, 0.2) is 0 Å². The molecule has 0 spiro atoms. The molecule has 2 aliphatic rings. The van der Waals surface area contributed by atoms with Crippen molar-refractivity contribution in [1.29, 1.82) is 0 Å². The molecule has 4 aromatic heterocycles. The third-order valence-corrected chi connectivity index (χ3v) is 21.3. The smallest absolute Gasteiger partial charge is 0.0767 e.